The largest absolute Gasteiger partial charge is 0.508 e. The van der Waals surface area contributed by atoms with E-state index >= 15 is 0 Å². The molecule has 3 rings (SSSR count). The summed E-state index contributed by atoms with van der Waals surface area (Å²) in [5.41, 5.74) is 1.80. The van der Waals surface area contributed by atoms with Crippen LogP contribution in [-0.2, 0) is 0 Å². The van der Waals surface area contributed by atoms with Crippen LogP contribution in [0.25, 0.3) is 17.1 Å². The minimum atomic E-state index is -0.192. The average molecular weight is 317 g/mol. The molecule has 5 nitrogen and oxygen atoms in total. The summed E-state index contributed by atoms with van der Waals surface area (Å²) in [7, 11) is 2.51. The molecule has 3 aromatic rings. The van der Waals surface area contributed by atoms with Crippen LogP contribution < -0.4 is 5.56 Å². The minimum absolute atomic E-state index is 0.192. The number of aromatic nitrogens is 3. The first kappa shape index (κ1) is 13.9. The maximum Gasteiger partial charge on any atom is 0.275 e. The number of hydrogen-bond acceptors (Lipinski definition) is 4. The van der Waals surface area contributed by atoms with Gasteiger partial charge in [0.15, 0.2) is 0 Å². The predicted molar refractivity (Wildman–Crippen MR) is 87.7 cm³/mol. The van der Waals surface area contributed by atoms with E-state index in [2.05, 4.69) is 24.2 Å². The maximum atomic E-state index is 11.7. The van der Waals surface area contributed by atoms with Gasteiger partial charge in [-0.15, -0.1) is 9.24 Å². The Morgan fingerprint density at radius 1 is 1.29 bits per heavy atom. The number of aromatic hydroxyl groups is 1. The van der Waals surface area contributed by atoms with Crippen LogP contribution in [0.4, 0.5) is 0 Å². The number of phenolic OH excluding ortho intramolecular Hbond substituents is 1. The molecule has 1 atom stereocenters. The zero-order valence-electron chi connectivity index (χ0n) is 10.8. The van der Waals surface area contributed by atoms with E-state index in [1.54, 1.807) is 18.3 Å². The van der Waals surface area contributed by atoms with Gasteiger partial charge < -0.3 is 15.1 Å². The quantitative estimate of drug-likeness (QED) is 0.649. The van der Waals surface area contributed by atoms with Crippen LogP contribution >= 0.6 is 21.0 Å². The fourth-order valence-electron chi connectivity index (χ4n) is 1.99. The van der Waals surface area contributed by atoms with Gasteiger partial charge in [0.05, 0.1) is 11.2 Å². The molecule has 1 unspecified atom stereocenters. The van der Waals surface area contributed by atoms with Crippen molar-refractivity contribution in [1.82, 2.24) is 15.0 Å². The van der Waals surface area contributed by atoms with Crippen molar-refractivity contribution < 1.29 is 5.11 Å². The summed E-state index contributed by atoms with van der Waals surface area (Å²) >= 11 is 1.49. The van der Waals surface area contributed by atoms with Crippen LogP contribution in [0.5, 0.6) is 5.75 Å². The number of nitrogens with zero attached hydrogens (tertiary/aromatic N) is 1. The molecule has 0 saturated carbocycles. The van der Waals surface area contributed by atoms with Crippen molar-refractivity contribution in [2.75, 3.05) is 0 Å². The predicted octanol–water partition coefficient (Wildman–Crippen LogP) is 2.95. The molecule has 0 amide bonds. The second-order valence-electron chi connectivity index (χ2n) is 4.29. The zero-order chi connectivity index (χ0) is 14.8. The highest BCUT2D eigenvalue weighted by Crippen LogP contribution is 2.35. The summed E-state index contributed by atoms with van der Waals surface area (Å²) in [4.78, 5) is 23.2. The second-order valence-corrected chi connectivity index (χ2v) is 5.76. The number of benzene rings is 1. The van der Waals surface area contributed by atoms with Crippen LogP contribution in [0.3, 0.4) is 0 Å². The van der Waals surface area contributed by atoms with Crippen molar-refractivity contribution in [1.29, 1.82) is 0 Å². The molecule has 2 heterocycles. The monoisotopic (exact) mass is 317 g/mol. The Morgan fingerprint density at radius 2 is 2.14 bits per heavy atom. The van der Waals surface area contributed by atoms with Crippen molar-refractivity contribution >= 4 is 38.1 Å². The molecule has 1 aromatic carbocycles. The topological polar surface area (TPSA) is 81.8 Å². The van der Waals surface area contributed by atoms with Gasteiger partial charge in [0, 0.05) is 11.1 Å². The second kappa shape index (κ2) is 5.76. The molecule has 0 aliphatic rings. The Bertz CT molecular complexity index is 885. The molecule has 0 radical (unpaired) electrons. The molecule has 0 aliphatic heterocycles. The third-order valence-corrected chi connectivity index (χ3v) is 4.24. The molecule has 0 aliphatic carbocycles. The summed E-state index contributed by atoms with van der Waals surface area (Å²) in [6.07, 6.45) is 5.04. The number of fused-ring (bicyclic) bond motifs is 1. The van der Waals surface area contributed by atoms with Crippen molar-refractivity contribution in [2.24, 2.45) is 0 Å². The standard InChI is InChI=1S/C14H12N3O2PS/c18-9-1-2-10(8(5-9)3-4-20)21-11-6-15-13-12(11)16-7-17-14(13)19/h1-7,15,18H,20H2,(H,16,17,19)/b4-3+. The van der Waals surface area contributed by atoms with Gasteiger partial charge in [-0.05, 0) is 23.8 Å². The Kier molecular flexibility index (Phi) is 3.82. The molecule has 2 aromatic heterocycles. The van der Waals surface area contributed by atoms with E-state index in [-0.39, 0.29) is 11.3 Å². The first-order chi connectivity index (χ1) is 10.2. The number of aromatic amines is 2. The normalized spacial score (nSPS) is 11.5. The van der Waals surface area contributed by atoms with Crippen LogP contribution in [0, 0.1) is 0 Å². The van der Waals surface area contributed by atoms with Crippen LogP contribution in [0.15, 0.2) is 51.1 Å². The van der Waals surface area contributed by atoms with E-state index in [0.717, 1.165) is 15.4 Å². The van der Waals surface area contributed by atoms with Crippen molar-refractivity contribution in [3.63, 3.8) is 0 Å². The number of phenols is 1. The van der Waals surface area contributed by atoms with Gasteiger partial charge in [0.2, 0.25) is 0 Å². The van der Waals surface area contributed by atoms with E-state index in [4.69, 9.17) is 0 Å². The molecule has 7 heteroatoms. The Balaban J connectivity index is 2.07. The van der Waals surface area contributed by atoms with E-state index in [9.17, 15) is 9.90 Å². The van der Waals surface area contributed by atoms with Gasteiger partial charge in [0.25, 0.3) is 5.56 Å². The number of nitrogens with one attached hydrogen (secondary N) is 2. The number of hydrogen-bond donors (Lipinski definition) is 3. The van der Waals surface area contributed by atoms with Gasteiger partial charge in [-0.2, -0.15) is 0 Å². The summed E-state index contributed by atoms with van der Waals surface area (Å²) in [5.74, 6) is 2.04. The van der Waals surface area contributed by atoms with Crippen LogP contribution in [0.2, 0.25) is 0 Å². The van der Waals surface area contributed by atoms with Gasteiger partial charge in [0.1, 0.15) is 16.8 Å². The summed E-state index contributed by atoms with van der Waals surface area (Å²) in [5, 5.41) is 9.58. The zero-order valence-corrected chi connectivity index (χ0v) is 12.8. The van der Waals surface area contributed by atoms with Gasteiger partial charge in [-0.3, -0.25) is 4.79 Å². The van der Waals surface area contributed by atoms with Crippen LogP contribution in [-0.4, -0.2) is 20.1 Å². The maximum absolute atomic E-state index is 11.7. The number of H-pyrrole nitrogens is 2. The van der Waals surface area contributed by atoms with Crippen molar-refractivity contribution in [3.8, 4) is 5.75 Å². The molecule has 3 N–H and O–H groups in total. The lowest BCUT2D eigenvalue weighted by Crippen LogP contribution is -2.05. The van der Waals surface area contributed by atoms with E-state index in [0.29, 0.717) is 11.0 Å². The fourth-order valence-corrected chi connectivity index (χ4v) is 3.18. The first-order valence-electron chi connectivity index (χ1n) is 6.13. The fraction of sp³-hybridized carbons (Fsp3) is 0. The summed E-state index contributed by atoms with van der Waals surface area (Å²) < 4.78 is 0. The summed E-state index contributed by atoms with van der Waals surface area (Å²) in [6.45, 7) is 0. The third kappa shape index (κ3) is 2.73. The molecule has 0 spiro atoms. The highest BCUT2D eigenvalue weighted by molar-refractivity contribution is 7.99. The van der Waals surface area contributed by atoms with Gasteiger partial charge in [-0.25, -0.2) is 4.98 Å². The Labute approximate surface area is 126 Å². The Morgan fingerprint density at radius 3 is 2.95 bits per heavy atom. The summed E-state index contributed by atoms with van der Waals surface area (Å²) in [6, 6.07) is 5.17. The van der Waals surface area contributed by atoms with Gasteiger partial charge in [-0.1, -0.05) is 23.7 Å². The SMILES string of the molecule is O=c1[nH]cnc2c(Sc3ccc(O)cc3/C=C/P)c[nH]c12. The lowest BCUT2D eigenvalue weighted by molar-refractivity contribution is 0.474. The van der Waals surface area contributed by atoms with E-state index in [1.165, 1.54) is 18.1 Å². The molecule has 106 valence electrons. The molecule has 21 heavy (non-hydrogen) atoms. The molecular formula is C14H12N3O2PS. The smallest absolute Gasteiger partial charge is 0.275 e. The molecule has 0 bridgehead atoms. The van der Waals surface area contributed by atoms with Crippen molar-refractivity contribution in [3.05, 3.63) is 52.5 Å². The van der Waals surface area contributed by atoms with Crippen LogP contribution in [0.1, 0.15) is 5.56 Å². The molecular weight excluding hydrogens is 305 g/mol. The minimum Gasteiger partial charge on any atom is -0.508 e. The Hall–Kier alpha value is -2.04. The molecule has 0 fully saturated rings. The lowest BCUT2D eigenvalue weighted by atomic mass is 10.2. The van der Waals surface area contributed by atoms with E-state index < -0.39 is 0 Å². The highest BCUT2D eigenvalue weighted by Gasteiger charge is 2.11. The molecule has 0 saturated heterocycles. The van der Waals surface area contributed by atoms with Gasteiger partial charge >= 0.3 is 0 Å². The van der Waals surface area contributed by atoms with E-state index in [1.807, 2.05) is 18.0 Å². The lowest BCUT2D eigenvalue weighted by Gasteiger charge is -2.05. The average Bonchev–Trinajstić information content (AvgIpc) is 2.87. The highest BCUT2D eigenvalue weighted by atomic mass is 32.2. The number of rotatable bonds is 3. The first-order valence-corrected chi connectivity index (χ1v) is 7.61. The van der Waals surface area contributed by atoms with Crippen molar-refractivity contribution in [2.45, 2.75) is 9.79 Å². The third-order valence-electron chi connectivity index (χ3n) is 2.92.